The standard InChI is InChI=1S/C26H33NO5S/c1-17-8-10-19(11-9-17)23(28)27(20-12-14-26(2,31)15-13-20)21-16-22(18-6-4-3-5-7-18)33-24(21)32-25(29)30/h3-7,16-17,19-20,31H,8-15H2,1-2H3,(H,29,30)/t17-,19+,20?,26?. The molecule has 2 fully saturated rings. The van der Waals surface area contributed by atoms with Crippen LogP contribution >= 0.6 is 11.3 Å². The van der Waals surface area contributed by atoms with Gasteiger partial charge in [-0.25, -0.2) is 4.79 Å². The summed E-state index contributed by atoms with van der Waals surface area (Å²) in [6, 6.07) is 11.5. The van der Waals surface area contributed by atoms with E-state index >= 15 is 0 Å². The number of benzene rings is 1. The van der Waals surface area contributed by atoms with Crippen LogP contribution in [0.15, 0.2) is 36.4 Å². The lowest BCUT2D eigenvalue weighted by Crippen LogP contribution is -2.48. The maximum atomic E-state index is 13.9. The third-order valence-corrected chi connectivity index (χ3v) is 8.23. The van der Waals surface area contributed by atoms with Crippen LogP contribution in [0.3, 0.4) is 0 Å². The van der Waals surface area contributed by atoms with Crippen molar-refractivity contribution >= 4 is 29.1 Å². The van der Waals surface area contributed by atoms with Crippen LogP contribution in [0, 0.1) is 11.8 Å². The highest BCUT2D eigenvalue weighted by molar-refractivity contribution is 7.18. The van der Waals surface area contributed by atoms with E-state index in [2.05, 4.69) is 6.92 Å². The Hall–Kier alpha value is -2.38. The van der Waals surface area contributed by atoms with E-state index in [9.17, 15) is 19.8 Å². The first-order valence-corrected chi connectivity index (χ1v) is 12.7. The molecule has 0 radical (unpaired) electrons. The predicted octanol–water partition coefficient (Wildman–Crippen LogP) is 6.32. The zero-order chi connectivity index (χ0) is 23.6. The molecule has 2 aromatic rings. The van der Waals surface area contributed by atoms with Gasteiger partial charge in [0.15, 0.2) is 0 Å². The van der Waals surface area contributed by atoms with Crippen LogP contribution in [0.2, 0.25) is 0 Å². The zero-order valence-corrected chi connectivity index (χ0v) is 20.1. The maximum Gasteiger partial charge on any atom is 0.512 e. The smallest absolute Gasteiger partial charge is 0.449 e. The first kappa shape index (κ1) is 23.8. The molecule has 1 aromatic heterocycles. The van der Waals surface area contributed by atoms with Gasteiger partial charge in [0.05, 0.1) is 11.3 Å². The summed E-state index contributed by atoms with van der Waals surface area (Å²) in [6.45, 7) is 4.07. The van der Waals surface area contributed by atoms with Crippen LogP contribution in [0.5, 0.6) is 5.06 Å². The Labute approximate surface area is 199 Å². The van der Waals surface area contributed by atoms with Gasteiger partial charge in [-0.3, -0.25) is 4.79 Å². The van der Waals surface area contributed by atoms with Crippen LogP contribution in [0.25, 0.3) is 10.4 Å². The molecule has 0 spiro atoms. The fourth-order valence-corrected chi connectivity index (χ4v) is 6.11. The molecule has 2 N–H and O–H groups in total. The molecule has 2 aliphatic rings. The van der Waals surface area contributed by atoms with Gasteiger partial charge in [-0.05, 0) is 75.8 Å². The van der Waals surface area contributed by atoms with Crippen molar-refractivity contribution < 1.29 is 24.5 Å². The Kier molecular flexibility index (Phi) is 7.10. The van der Waals surface area contributed by atoms with Crippen molar-refractivity contribution in [2.24, 2.45) is 11.8 Å². The van der Waals surface area contributed by atoms with Gasteiger partial charge in [0, 0.05) is 16.8 Å². The monoisotopic (exact) mass is 471 g/mol. The van der Waals surface area contributed by atoms with Crippen molar-refractivity contribution in [3.63, 3.8) is 0 Å². The summed E-state index contributed by atoms with van der Waals surface area (Å²) in [6.07, 6.45) is 4.93. The summed E-state index contributed by atoms with van der Waals surface area (Å²) in [5.41, 5.74) is 0.765. The number of carbonyl (C=O) groups excluding carboxylic acids is 1. The molecule has 0 aliphatic heterocycles. The minimum absolute atomic E-state index is 0.0566. The van der Waals surface area contributed by atoms with E-state index in [0.29, 0.717) is 37.3 Å². The second-order valence-corrected chi connectivity index (χ2v) is 10.9. The van der Waals surface area contributed by atoms with Gasteiger partial charge in [0.1, 0.15) is 0 Å². The Bertz CT molecular complexity index is 968. The summed E-state index contributed by atoms with van der Waals surface area (Å²) < 4.78 is 5.21. The fourth-order valence-electron chi connectivity index (χ4n) is 5.11. The van der Waals surface area contributed by atoms with Crippen molar-refractivity contribution in [1.29, 1.82) is 0 Å². The number of ether oxygens (including phenoxy) is 1. The Morgan fingerprint density at radius 2 is 1.70 bits per heavy atom. The Morgan fingerprint density at radius 3 is 2.30 bits per heavy atom. The number of hydrogen-bond donors (Lipinski definition) is 2. The van der Waals surface area contributed by atoms with Crippen LogP contribution in [-0.4, -0.2) is 33.9 Å². The highest BCUT2D eigenvalue weighted by Gasteiger charge is 2.39. The molecule has 4 rings (SSSR count). The minimum atomic E-state index is -1.39. The second kappa shape index (κ2) is 9.85. The van der Waals surface area contributed by atoms with Gasteiger partial charge < -0.3 is 19.8 Å². The van der Waals surface area contributed by atoms with E-state index < -0.39 is 11.8 Å². The quantitative estimate of drug-likeness (QED) is 0.498. The lowest BCUT2D eigenvalue weighted by Gasteiger charge is -2.41. The number of amides is 1. The van der Waals surface area contributed by atoms with Crippen molar-refractivity contribution in [3.8, 4) is 15.5 Å². The third kappa shape index (κ3) is 5.58. The molecule has 1 aromatic carbocycles. The summed E-state index contributed by atoms with van der Waals surface area (Å²) in [7, 11) is 0. The van der Waals surface area contributed by atoms with Crippen LogP contribution in [0.1, 0.15) is 65.2 Å². The predicted molar refractivity (Wildman–Crippen MR) is 130 cm³/mol. The number of thiophene rings is 1. The number of aliphatic hydroxyl groups is 1. The lowest BCUT2D eigenvalue weighted by molar-refractivity contribution is -0.124. The topological polar surface area (TPSA) is 87.1 Å². The van der Waals surface area contributed by atoms with E-state index in [0.717, 1.165) is 36.1 Å². The zero-order valence-electron chi connectivity index (χ0n) is 19.3. The number of rotatable bonds is 5. The molecule has 0 unspecified atom stereocenters. The Morgan fingerprint density at radius 1 is 1.06 bits per heavy atom. The van der Waals surface area contributed by atoms with Crippen LogP contribution < -0.4 is 9.64 Å². The summed E-state index contributed by atoms with van der Waals surface area (Å²) in [5.74, 6) is 0.617. The lowest BCUT2D eigenvalue weighted by atomic mass is 9.80. The Balaban J connectivity index is 1.73. The van der Waals surface area contributed by atoms with Crippen molar-refractivity contribution in [1.82, 2.24) is 0 Å². The first-order valence-electron chi connectivity index (χ1n) is 11.9. The number of carboxylic acid groups (broad SMARTS) is 1. The van der Waals surface area contributed by atoms with Gasteiger partial charge in [0.25, 0.3) is 0 Å². The minimum Gasteiger partial charge on any atom is -0.449 e. The molecule has 2 saturated carbocycles. The average Bonchev–Trinajstić information content (AvgIpc) is 3.18. The van der Waals surface area contributed by atoms with Crippen molar-refractivity contribution in [2.75, 3.05) is 4.90 Å². The molecule has 7 heteroatoms. The number of hydrogen-bond acceptors (Lipinski definition) is 5. The summed E-state index contributed by atoms with van der Waals surface area (Å²) in [4.78, 5) is 28.1. The summed E-state index contributed by atoms with van der Waals surface area (Å²) in [5, 5.41) is 20.1. The first-order chi connectivity index (χ1) is 15.7. The van der Waals surface area contributed by atoms with Gasteiger partial charge in [-0.1, -0.05) is 48.6 Å². The second-order valence-electron chi connectivity index (χ2n) is 9.91. The largest absolute Gasteiger partial charge is 0.512 e. The normalized spacial score (nSPS) is 27.7. The van der Waals surface area contributed by atoms with Gasteiger partial charge >= 0.3 is 6.16 Å². The SMILES string of the molecule is CC1(O)CCC(N(c2cc(-c3ccccc3)sc2OC(=O)O)C(=O)[C@H]2CC[C@@H](C)CC2)CC1. The molecular weight excluding hydrogens is 438 g/mol. The highest BCUT2D eigenvalue weighted by atomic mass is 32.1. The van der Waals surface area contributed by atoms with Gasteiger partial charge in [-0.15, -0.1) is 0 Å². The van der Waals surface area contributed by atoms with Crippen LogP contribution in [0.4, 0.5) is 10.5 Å². The van der Waals surface area contributed by atoms with Gasteiger partial charge in [0.2, 0.25) is 11.0 Å². The highest BCUT2D eigenvalue weighted by Crippen LogP contribution is 2.46. The summed E-state index contributed by atoms with van der Waals surface area (Å²) >= 11 is 1.25. The van der Waals surface area contributed by atoms with E-state index in [4.69, 9.17) is 4.74 Å². The average molecular weight is 472 g/mol. The van der Waals surface area contributed by atoms with Gasteiger partial charge in [-0.2, -0.15) is 0 Å². The number of anilines is 1. The van der Waals surface area contributed by atoms with E-state index in [1.54, 1.807) is 0 Å². The molecule has 2 aliphatic carbocycles. The number of nitrogens with zero attached hydrogens (tertiary/aromatic N) is 1. The van der Waals surface area contributed by atoms with Crippen molar-refractivity contribution in [3.05, 3.63) is 36.4 Å². The van der Waals surface area contributed by atoms with E-state index in [1.165, 1.54) is 11.3 Å². The van der Waals surface area contributed by atoms with Crippen LogP contribution in [-0.2, 0) is 4.79 Å². The molecule has 33 heavy (non-hydrogen) atoms. The van der Waals surface area contributed by atoms with E-state index in [-0.39, 0.29) is 22.9 Å². The molecule has 0 bridgehead atoms. The molecule has 6 nitrogen and oxygen atoms in total. The molecule has 1 heterocycles. The molecular formula is C26H33NO5S. The fraction of sp³-hybridized carbons (Fsp3) is 0.538. The molecule has 178 valence electrons. The number of carbonyl (C=O) groups is 2. The van der Waals surface area contributed by atoms with Crippen molar-refractivity contribution in [2.45, 2.75) is 76.9 Å². The molecule has 0 saturated heterocycles. The van der Waals surface area contributed by atoms with E-state index in [1.807, 2.05) is 48.2 Å². The molecule has 1 amide bonds. The molecule has 0 atom stereocenters. The third-order valence-electron chi connectivity index (χ3n) is 7.18. The maximum absolute atomic E-state index is 13.9.